The van der Waals surface area contributed by atoms with Gasteiger partial charge in [0.05, 0.1) is 6.10 Å². The summed E-state index contributed by atoms with van der Waals surface area (Å²) in [5.74, 6) is -0.167. The summed E-state index contributed by atoms with van der Waals surface area (Å²) >= 11 is 0. The molecule has 5 heteroatoms. The van der Waals surface area contributed by atoms with Gasteiger partial charge in [0.1, 0.15) is 5.69 Å². The molecule has 2 unspecified atom stereocenters. The van der Waals surface area contributed by atoms with E-state index in [4.69, 9.17) is 4.74 Å². The normalized spacial score (nSPS) is 22.8. The van der Waals surface area contributed by atoms with Gasteiger partial charge in [0.2, 0.25) is 0 Å². The van der Waals surface area contributed by atoms with Crippen LogP contribution in [-0.4, -0.2) is 37.2 Å². The molecule has 1 fully saturated rings. The van der Waals surface area contributed by atoms with Crippen LogP contribution < -0.4 is 10.6 Å². The van der Waals surface area contributed by atoms with Crippen LogP contribution in [0.1, 0.15) is 29.8 Å². The lowest BCUT2D eigenvalue weighted by Crippen LogP contribution is -2.21. The van der Waals surface area contributed by atoms with Crippen molar-refractivity contribution in [2.24, 2.45) is 0 Å². The van der Waals surface area contributed by atoms with Crippen LogP contribution in [0.5, 0.6) is 0 Å². The average Bonchev–Trinajstić information content (AvgIpc) is 2.86. The highest BCUT2D eigenvalue weighted by Gasteiger charge is 2.24. The minimum atomic E-state index is -0.167. The first-order chi connectivity index (χ1) is 8.72. The van der Waals surface area contributed by atoms with Gasteiger partial charge in [-0.3, -0.25) is 9.78 Å². The first-order valence-electron chi connectivity index (χ1n) is 6.20. The highest BCUT2D eigenvalue weighted by atomic mass is 16.5. The van der Waals surface area contributed by atoms with Gasteiger partial charge < -0.3 is 15.4 Å². The maximum atomic E-state index is 11.5. The predicted octanol–water partition coefficient (Wildman–Crippen LogP) is 1.42. The van der Waals surface area contributed by atoms with Gasteiger partial charge in [-0.2, -0.15) is 0 Å². The molecule has 1 aromatic rings. The molecule has 0 bridgehead atoms. The molecular weight excluding hydrogens is 230 g/mol. The Labute approximate surface area is 107 Å². The first kappa shape index (κ1) is 12.8. The van der Waals surface area contributed by atoms with Gasteiger partial charge in [-0.05, 0) is 31.4 Å². The van der Waals surface area contributed by atoms with Crippen LogP contribution in [0.15, 0.2) is 18.3 Å². The Hall–Kier alpha value is -1.62. The third-order valence-corrected chi connectivity index (χ3v) is 3.31. The molecule has 1 amide bonds. The van der Waals surface area contributed by atoms with E-state index < -0.39 is 0 Å². The van der Waals surface area contributed by atoms with E-state index >= 15 is 0 Å². The Morgan fingerprint density at radius 3 is 3.00 bits per heavy atom. The van der Waals surface area contributed by atoms with Crippen LogP contribution in [0.4, 0.5) is 5.69 Å². The first-order valence-corrected chi connectivity index (χ1v) is 6.20. The molecule has 5 nitrogen and oxygen atoms in total. The smallest absolute Gasteiger partial charge is 0.269 e. The number of hydrogen-bond acceptors (Lipinski definition) is 4. The standard InChI is InChI=1S/C13H19N3O2/c1-14-13(17)12-8-10(5-6-15-12)16-9-3-4-11(7-9)18-2/h5-6,8-9,11H,3-4,7H2,1-2H3,(H,14,17)(H,15,16). The molecule has 2 rings (SSSR count). The summed E-state index contributed by atoms with van der Waals surface area (Å²) in [5.41, 5.74) is 1.37. The summed E-state index contributed by atoms with van der Waals surface area (Å²) in [6.45, 7) is 0. The second-order valence-corrected chi connectivity index (χ2v) is 4.52. The zero-order valence-corrected chi connectivity index (χ0v) is 10.8. The highest BCUT2D eigenvalue weighted by Crippen LogP contribution is 2.24. The Balaban J connectivity index is 1.99. The van der Waals surface area contributed by atoms with Crippen LogP contribution >= 0.6 is 0 Å². The minimum Gasteiger partial charge on any atom is -0.382 e. The number of ether oxygens (including phenoxy) is 1. The van der Waals surface area contributed by atoms with Crippen LogP contribution in [0.3, 0.4) is 0 Å². The second kappa shape index (κ2) is 5.82. The van der Waals surface area contributed by atoms with E-state index in [1.165, 1.54) is 0 Å². The quantitative estimate of drug-likeness (QED) is 0.847. The second-order valence-electron chi connectivity index (χ2n) is 4.52. The van der Waals surface area contributed by atoms with Crippen molar-refractivity contribution in [3.8, 4) is 0 Å². The number of aromatic nitrogens is 1. The van der Waals surface area contributed by atoms with Gasteiger partial charge in [0.25, 0.3) is 5.91 Å². The Morgan fingerprint density at radius 1 is 1.50 bits per heavy atom. The number of nitrogens with one attached hydrogen (secondary N) is 2. The van der Waals surface area contributed by atoms with Crippen LogP contribution in [0.25, 0.3) is 0 Å². The number of amides is 1. The lowest BCUT2D eigenvalue weighted by Gasteiger charge is -2.14. The molecule has 0 spiro atoms. The zero-order chi connectivity index (χ0) is 13.0. The van der Waals surface area contributed by atoms with E-state index in [0.717, 1.165) is 24.9 Å². The SMILES string of the molecule is CNC(=O)c1cc(NC2CCC(OC)C2)ccn1. The number of methoxy groups -OCH3 is 1. The van der Waals surface area contributed by atoms with Crippen LogP contribution in [-0.2, 0) is 4.74 Å². The fourth-order valence-corrected chi connectivity index (χ4v) is 2.29. The van der Waals surface area contributed by atoms with Gasteiger partial charge in [0.15, 0.2) is 0 Å². The van der Waals surface area contributed by atoms with Gasteiger partial charge in [-0.25, -0.2) is 0 Å². The van der Waals surface area contributed by atoms with Crippen molar-refractivity contribution < 1.29 is 9.53 Å². The van der Waals surface area contributed by atoms with E-state index in [0.29, 0.717) is 17.8 Å². The predicted molar refractivity (Wildman–Crippen MR) is 69.7 cm³/mol. The number of carbonyl (C=O) groups is 1. The maximum Gasteiger partial charge on any atom is 0.269 e. The molecule has 2 N–H and O–H groups in total. The molecule has 0 radical (unpaired) electrons. The van der Waals surface area contributed by atoms with Crippen LogP contribution in [0, 0.1) is 0 Å². The molecule has 0 aliphatic heterocycles. The van der Waals surface area contributed by atoms with Gasteiger partial charge >= 0.3 is 0 Å². The summed E-state index contributed by atoms with van der Waals surface area (Å²) in [6.07, 6.45) is 5.18. The average molecular weight is 249 g/mol. The monoisotopic (exact) mass is 249 g/mol. The van der Waals surface area contributed by atoms with Crippen molar-refractivity contribution in [2.45, 2.75) is 31.4 Å². The molecule has 0 saturated heterocycles. The molecule has 1 heterocycles. The summed E-state index contributed by atoms with van der Waals surface area (Å²) < 4.78 is 5.34. The summed E-state index contributed by atoms with van der Waals surface area (Å²) in [4.78, 5) is 15.5. The van der Waals surface area contributed by atoms with Crippen molar-refractivity contribution in [1.29, 1.82) is 0 Å². The lowest BCUT2D eigenvalue weighted by atomic mass is 10.2. The highest BCUT2D eigenvalue weighted by molar-refractivity contribution is 5.92. The Morgan fingerprint density at radius 2 is 2.33 bits per heavy atom. The number of anilines is 1. The molecule has 1 aliphatic carbocycles. The third-order valence-electron chi connectivity index (χ3n) is 3.31. The van der Waals surface area contributed by atoms with E-state index in [9.17, 15) is 4.79 Å². The molecule has 1 saturated carbocycles. The summed E-state index contributed by atoms with van der Waals surface area (Å²) in [6, 6.07) is 4.07. The zero-order valence-electron chi connectivity index (χ0n) is 10.8. The van der Waals surface area contributed by atoms with Crippen molar-refractivity contribution in [2.75, 3.05) is 19.5 Å². The molecule has 0 aromatic carbocycles. The van der Waals surface area contributed by atoms with Gasteiger partial charge in [0, 0.05) is 32.1 Å². The van der Waals surface area contributed by atoms with E-state index in [2.05, 4.69) is 15.6 Å². The number of nitrogens with zero attached hydrogens (tertiary/aromatic N) is 1. The largest absolute Gasteiger partial charge is 0.382 e. The van der Waals surface area contributed by atoms with E-state index in [-0.39, 0.29) is 5.91 Å². The summed E-state index contributed by atoms with van der Waals surface area (Å²) in [5, 5.41) is 5.99. The number of hydrogen-bond donors (Lipinski definition) is 2. The number of rotatable bonds is 4. The van der Waals surface area contributed by atoms with E-state index in [1.807, 2.05) is 6.07 Å². The molecular formula is C13H19N3O2. The van der Waals surface area contributed by atoms with Crippen molar-refractivity contribution in [3.05, 3.63) is 24.0 Å². The maximum absolute atomic E-state index is 11.5. The topological polar surface area (TPSA) is 63.2 Å². The lowest BCUT2D eigenvalue weighted by molar-refractivity contribution is 0.0958. The van der Waals surface area contributed by atoms with Crippen molar-refractivity contribution in [1.82, 2.24) is 10.3 Å². The fourth-order valence-electron chi connectivity index (χ4n) is 2.29. The number of pyridine rings is 1. The molecule has 98 valence electrons. The number of carbonyl (C=O) groups excluding carboxylic acids is 1. The van der Waals surface area contributed by atoms with Gasteiger partial charge in [-0.15, -0.1) is 0 Å². The molecule has 1 aromatic heterocycles. The Bertz CT molecular complexity index is 422. The third kappa shape index (κ3) is 2.98. The molecule has 1 aliphatic rings. The van der Waals surface area contributed by atoms with Crippen molar-refractivity contribution in [3.63, 3.8) is 0 Å². The molecule has 18 heavy (non-hydrogen) atoms. The van der Waals surface area contributed by atoms with Crippen molar-refractivity contribution >= 4 is 11.6 Å². The van der Waals surface area contributed by atoms with Crippen LogP contribution in [0.2, 0.25) is 0 Å². The fraction of sp³-hybridized carbons (Fsp3) is 0.538. The Kier molecular flexibility index (Phi) is 4.15. The summed E-state index contributed by atoms with van der Waals surface area (Å²) in [7, 11) is 3.35. The molecule has 2 atom stereocenters. The van der Waals surface area contributed by atoms with E-state index in [1.54, 1.807) is 26.4 Å². The van der Waals surface area contributed by atoms with Gasteiger partial charge in [-0.1, -0.05) is 0 Å². The minimum absolute atomic E-state index is 0.167.